The highest BCUT2D eigenvalue weighted by atomic mass is 16.6. The zero-order chi connectivity index (χ0) is 11.3. The van der Waals surface area contributed by atoms with Gasteiger partial charge in [0.15, 0.2) is 6.29 Å². The number of nitriles is 1. The number of nitro groups is 1. The quantitative estimate of drug-likeness (QED) is 0.293. The average molecular weight is 200 g/mol. The normalized spacial score (nSPS) is 8.20. The Labute approximate surface area is 85.1 Å². The minimum atomic E-state index is -0.643. The largest absolute Gasteiger partial charge is 0.289 e. The second-order valence-corrected chi connectivity index (χ2v) is 2.49. The van der Waals surface area contributed by atoms with E-state index in [0.717, 1.165) is 6.07 Å². The minimum absolute atomic E-state index is 0.117. The first-order chi connectivity index (χ1) is 7.19. The predicted octanol–water partition coefficient (Wildman–Crippen LogP) is 1.02. The van der Waals surface area contributed by atoms with Crippen molar-refractivity contribution < 1.29 is 9.72 Å². The molecule has 1 rings (SSSR count). The molecule has 0 N–H and O–H groups in total. The third-order valence-electron chi connectivity index (χ3n) is 1.59. The molecule has 1 aromatic rings. The van der Waals surface area contributed by atoms with Gasteiger partial charge in [0, 0.05) is 6.07 Å². The first-order valence-electron chi connectivity index (χ1n) is 3.82. The zero-order valence-corrected chi connectivity index (χ0v) is 7.43. The number of hydrogen-bond acceptors (Lipinski definition) is 4. The summed E-state index contributed by atoms with van der Waals surface area (Å²) >= 11 is 0. The lowest BCUT2D eigenvalue weighted by molar-refractivity contribution is -0.385. The molecule has 0 aliphatic carbocycles. The van der Waals surface area contributed by atoms with Gasteiger partial charge in [-0.15, -0.1) is 0 Å². The third-order valence-corrected chi connectivity index (χ3v) is 1.59. The molecule has 1 aromatic carbocycles. The molecule has 72 valence electrons. The lowest BCUT2D eigenvalue weighted by atomic mass is 10.1. The van der Waals surface area contributed by atoms with Crippen LogP contribution in [0.15, 0.2) is 18.2 Å². The van der Waals surface area contributed by atoms with Crippen LogP contribution in [0.25, 0.3) is 0 Å². The maximum absolute atomic E-state index is 10.6. The van der Waals surface area contributed by atoms with Gasteiger partial charge < -0.3 is 0 Å². The summed E-state index contributed by atoms with van der Waals surface area (Å²) in [6.45, 7) is 0. The van der Waals surface area contributed by atoms with Gasteiger partial charge in [0.25, 0.3) is 5.69 Å². The Hall–Kier alpha value is -2.66. The van der Waals surface area contributed by atoms with Crippen LogP contribution in [0.2, 0.25) is 0 Å². The molecule has 5 heteroatoms. The van der Waals surface area contributed by atoms with Crippen LogP contribution in [-0.2, 0) is 4.79 Å². The topological polar surface area (TPSA) is 84.0 Å². The van der Waals surface area contributed by atoms with Gasteiger partial charge in [-0.1, -0.05) is 5.92 Å². The zero-order valence-electron chi connectivity index (χ0n) is 7.43. The second-order valence-electron chi connectivity index (χ2n) is 2.49. The maximum Gasteiger partial charge on any atom is 0.286 e. The van der Waals surface area contributed by atoms with Crippen molar-refractivity contribution in [2.75, 3.05) is 0 Å². The molecule has 0 unspecified atom stereocenters. The van der Waals surface area contributed by atoms with Crippen molar-refractivity contribution in [3.8, 4) is 17.9 Å². The van der Waals surface area contributed by atoms with Crippen LogP contribution in [0.5, 0.6) is 0 Å². The summed E-state index contributed by atoms with van der Waals surface area (Å²) in [5.41, 5.74) is 0.0212. The summed E-state index contributed by atoms with van der Waals surface area (Å²) in [6, 6.07) is 5.65. The van der Waals surface area contributed by atoms with Crippen molar-refractivity contribution in [2.45, 2.75) is 0 Å². The summed E-state index contributed by atoms with van der Waals surface area (Å²) in [6.07, 6.45) is 0.349. The molecule has 0 heterocycles. The fraction of sp³-hybridized carbons (Fsp3) is 0. The Morgan fingerprint density at radius 1 is 1.47 bits per heavy atom. The summed E-state index contributed by atoms with van der Waals surface area (Å²) in [5, 5.41) is 19.1. The van der Waals surface area contributed by atoms with Gasteiger partial charge in [-0.05, 0) is 18.1 Å². The fourth-order valence-corrected chi connectivity index (χ4v) is 0.965. The summed E-state index contributed by atoms with van der Waals surface area (Å²) in [4.78, 5) is 19.9. The standard InChI is InChI=1S/C10H4N2O3/c11-7-8-3-4-9(2-1-5-13)10(6-8)12(14)15/h3-6H. The van der Waals surface area contributed by atoms with Crippen LogP contribution < -0.4 is 0 Å². The van der Waals surface area contributed by atoms with Crippen molar-refractivity contribution in [3.63, 3.8) is 0 Å². The highest BCUT2D eigenvalue weighted by Gasteiger charge is 2.12. The van der Waals surface area contributed by atoms with Crippen molar-refractivity contribution in [3.05, 3.63) is 39.4 Å². The van der Waals surface area contributed by atoms with E-state index in [-0.39, 0.29) is 16.8 Å². The molecule has 0 radical (unpaired) electrons. The molecule has 0 fully saturated rings. The second kappa shape index (κ2) is 4.54. The minimum Gasteiger partial charge on any atom is -0.289 e. The van der Waals surface area contributed by atoms with Crippen LogP contribution in [-0.4, -0.2) is 11.2 Å². The lowest BCUT2D eigenvalue weighted by Crippen LogP contribution is -1.93. The average Bonchev–Trinajstić information content (AvgIpc) is 2.26. The molecule has 0 saturated carbocycles. The molecular weight excluding hydrogens is 196 g/mol. The number of hydrogen-bond donors (Lipinski definition) is 0. The van der Waals surface area contributed by atoms with Crippen LogP contribution >= 0.6 is 0 Å². The molecule has 0 saturated heterocycles. The van der Waals surface area contributed by atoms with E-state index in [9.17, 15) is 14.9 Å². The number of benzene rings is 1. The highest BCUT2D eigenvalue weighted by molar-refractivity contribution is 5.75. The number of nitrogens with zero attached hydrogens (tertiary/aromatic N) is 2. The lowest BCUT2D eigenvalue weighted by Gasteiger charge is -1.95. The Morgan fingerprint density at radius 3 is 2.73 bits per heavy atom. The SMILES string of the molecule is N#Cc1ccc(C#CC=O)c([N+](=O)[O-])c1. The van der Waals surface area contributed by atoms with Gasteiger partial charge in [-0.25, -0.2) is 0 Å². The van der Waals surface area contributed by atoms with Gasteiger partial charge in [0.2, 0.25) is 0 Å². The van der Waals surface area contributed by atoms with E-state index < -0.39 is 4.92 Å². The van der Waals surface area contributed by atoms with E-state index in [0.29, 0.717) is 6.29 Å². The van der Waals surface area contributed by atoms with E-state index in [4.69, 9.17) is 5.26 Å². The number of carbonyl (C=O) groups is 1. The maximum atomic E-state index is 10.6. The first-order valence-corrected chi connectivity index (χ1v) is 3.82. The molecular formula is C10H4N2O3. The molecule has 0 atom stereocenters. The predicted molar refractivity (Wildman–Crippen MR) is 50.8 cm³/mol. The van der Waals surface area contributed by atoms with Gasteiger partial charge in [0.05, 0.1) is 16.6 Å². The molecule has 0 bridgehead atoms. The van der Waals surface area contributed by atoms with Crippen LogP contribution in [0.3, 0.4) is 0 Å². The Balaban J connectivity index is 3.34. The van der Waals surface area contributed by atoms with Crippen LogP contribution in [0.4, 0.5) is 5.69 Å². The number of rotatable bonds is 1. The van der Waals surface area contributed by atoms with Gasteiger partial charge in [-0.3, -0.25) is 14.9 Å². The van der Waals surface area contributed by atoms with Crippen molar-refractivity contribution >= 4 is 12.0 Å². The van der Waals surface area contributed by atoms with Crippen molar-refractivity contribution in [1.29, 1.82) is 5.26 Å². The van der Waals surface area contributed by atoms with Crippen LogP contribution in [0.1, 0.15) is 11.1 Å². The smallest absolute Gasteiger partial charge is 0.286 e. The summed E-state index contributed by atoms with van der Waals surface area (Å²) in [5.74, 6) is 4.41. The van der Waals surface area contributed by atoms with E-state index in [2.05, 4.69) is 11.8 Å². The first kappa shape index (κ1) is 10.4. The fourth-order valence-electron chi connectivity index (χ4n) is 0.965. The van der Waals surface area contributed by atoms with Crippen LogP contribution in [0, 0.1) is 33.3 Å². The Morgan fingerprint density at radius 2 is 2.20 bits per heavy atom. The molecule has 0 aromatic heterocycles. The molecule has 15 heavy (non-hydrogen) atoms. The number of carbonyl (C=O) groups excluding carboxylic acids is 1. The van der Waals surface area contributed by atoms with E-state index >= 15 is 0 Å². The van der Waals surface area contributed by atoms with E-state index in [1.54, 1.807) is 6.07 Å². The Bertz CT molecular complexity index is 518. The molecule has 5 nitrogen and oxygen atoms in total. The molecule has 0 spiro atoms. The van der Waals surface area contributed by atoms with E-state index in [1.165, 1.54) is 12.1 Å². The van der Waals surface area contributed by atoms with Crippen molar-refractivity contribution in [2.24, 2.45) is 0 Å². The van der Waals surface area contributed by atoms with E-state index in [1.807, 2.05) is 0 Å². The number of nitro benzene ring substituents is 1. The monoisotopic (exact) mass is 200 g/mol. The summed E-state index contributed by atoms with van der Waals surface area (Å²) in [7, 11) is 0. The van der Waals surface area contributed by atoms with Crippen molar-refractivity contribution in [1.82, 2.24) is 0 Å². The number of aldehydes is 1. The molecule has 0 aliphatic rings. The van der Waals surface area contributed by atoms with Gasteiger partial charge >= 0.3 is 0 Å². The molecule has 0 aliphatic heterocycles. The summed E-state index contributed by atoms with van der Waals surface area (Å²) < 4.78 is 0. The Kier molecular flexibility index (Phi) is 3.15. The highest BCUT2D eigenvalue weighted by Crippen LogP contribution is 2.18. The third kappa shape index (κ3) is 2.39. The molecule has 0 amide bonds. The van der Waals surface area contributed by atoms with Gasteiger partial charge in [0.1, 0.15) is 5.56 Å². The van der Waals surface area contributed by atoms with Gasteiger partial charge in [-0.2, -0.15) is 5.26 Å².